The molecule has 2 aromatic carbocycles. The molecule has 0 atom stereocenters. The Morgan fingerprint density at radius 2 is 1.83 bits per heavy atom. The number of nitrogen functional groups attached to an aromatic ring is 1. The molecule has 3 N–H and O–H groups in total. The van der Waals surface area contributed by atoms with Gasteiger partial charge in [-0.2, -0.15) is 4.37 Å². The Bertz CT molecular complexity index is 816. The van der Waals surface area contributed by atoms with E-state index in [1.54, 1.807) is 12.1 Å². The van der Waals surface area contributed by atoms with Crippen molar-refractivity contribution in [1.29, 1.82) is 0 Å². The van der Waals surface area contributed by atoms with Gasteiger partial charge in [0.15, 0.2) is 0 Å². The van der Waals surface area contributed by atoms with Crippen LogP contribution in [0, 0.1) is 5.82 Å². The summed E-state index contributed by atoms with van der Waals surface area (Å²) < 4.78 is 17.2. The maximum absolute atomic E-state index is 13.0. The van der Waals surface area contributed by atoms with Gasteiger partial charge >= 0.3 is 0 Å². The number of rotatable bonds is 4. The van der Waals surface area contributed by atoms with Crippen LogP contribution in [0.15, 0.2) is 54.6 Å². The molecule has 6 heteroatoms. The zero-order valence-electron chi connectivity index (χ0n) is 12.1. The molecule has 0 aliphatic heterocycles. The standard InChI is InChI=1S/C17H14FN3OS/c18-13-8-6-12(7-9-13)15-14(19)16(23-21-15)17(22)20-10-11-4-2-1-3-5-11/h1-9H,10,19H2,(H,20,22). The van der Waals surface area contributed by atoms with Gasteiger partial charge in [-0.25, -0.2) is 4.39 Å². The molecule has 0 bridgehead atoms. The zero-order chi connectivity index (χ0) is 16.2. The quantitative estimate of drug-likeness (QED) is 0.771. The van der Waals surface area contributed by atoms with Crippen molar-refractivity contribution in [3.05, 3.63) is 70.9 Å². The fourth-order valence-corrected chi connectivity index (χ4v) is 2.87. The molecule has 0 radical (unpaired) electrons. The molecular formula is C17H14FN3OS. The number of hydrogen-bond donors (Lipinski definition) is 2. The number of carbonyl (C=O) groups excluding carboxylic acids is 1. The van der Waals surface area contributed by atoms with Crippen LogP contribution >= 0.6 is 11.5 Å². The summed E-state index contributed by atoms with van der Waals surface area (Å²) in [5, 5.41) is 2.82. The number of benzene rings is 2. The van der Waals surface area contributed by atoms with E-state index < -0.39 is 0 Å². The highest BCUT2D eigenvalue weighted by atomic mass is 32.1. The van der Waals surface area contributed by atoms with Crippen molar-refractivity contribution in [2.24, 2.45) is 0 Å². The number of carbonyl (C=O) groups is 1. The van der Waals surface area contributed by atoms with Crippen LogP contribution < -0.4 is 11.1 Å². The lowest BCUT2D eigenvalue weighted by molar-refractivity contribution is 0.0956. The Kier molecular flexibility index (Phi) is 4.34. The summed E-state index contributed by atoms with van der Waals surface area (Å²) in [6.45, 7) is 0.420. The Morgan fingerprint density at radius 1 is 1.13 bits per heavy atom. The molecule has 0 aliphatic carbocycles. The van der Waals surface area contributed by atoms with Crippen LogP contribution in [0.1, 0.15) is 15.2 Å². The normalized spacial score (nSPS) is 10.5. The van der Waals surface area contributed by atoms with Crippen LogP contribution in [0.5, 0.6) is 0 Å². The molecule has 1 heterocycles. The summed E-state index contributed by atoms with van der Waals surface area (Å²) in [6, 6.07) is 15.5. The molecule has 0 unspecified atom stereocenters. The summed E-state index contributed by atoms with van der Waals surface area (Å²) in [4.78, 5) is 12.6. The lowest BCUT2D eigenvalue weighted by Gasteiger charge is -2.04. The molecule has 0 spiro atoms. The third-order valence-corrected chi connectivity index (χ3v) is 4.21. The van der Waals surface area contributed by atoms with E-state index >= 15 is 0 Å². The first kappa shape index (κ1) is 15.2. The molecule has 0 saturated heterocycles. The van der Waals surface area contributed by atoms with Crippen molar-refractivity contribution in [2.75, 3.05) is 5.73 Å². The second kappa shape index (κ2) is 6.58. The number of amides is 1. The maximum atomic E-state index is 13.0. The highest BCUT2D eigenvalue weighted by Crippen LogP contribution is 2.30. The van der Waals surface area contributed by atoms with E-state index in [9.17, 15) is 9.18 Å². The van der Waals surface area contributed by atoms with Gasteiger partial charge in [-0.15, -0.1) is 0 Å². The summed E-state index contributed by atoms with van der Waals surface area (Å²) in [7, 11) is 0. The van der Waals surface area contributed by atoms with Crippen LogP contribution in [-0.2, 0) is 6.54 Å². The van der Waals surface area contributed by atoms with Gasteiger partial charge in [0.05, 0.1) is 5.69 Å². The van der Waals surface area contributed by atoms with Crippen LogP contribution in [-0.4, -0.2) is 10.3 Å². The molecule has 1 amide bonds. The first-order chi connectivity index (χ1) is 11.1. The number of aromatic nitrogens is 1. The van der Waals surface area contributed by atoms with E-state index in [1.165, 1.54) is 12.1 Å². The Labute approximate surface area is 136 Å². The lowest BCUT2D eigenvalue weighted by atomic mass is 10.1. The molecule has 1 aromatic heterocycles. The molecule has 4 nitrogen and oxygen atoms in total. The second-order valence-corrected chi connectivity index (χ2v) is 5.72. The fraction of sp³-hybridized carbons (Fsp3) is 0.0588. The SMILES string of the molecule is Nc1c(-c2ccc(F)cc2)nsc1C(=O)NCc1ccccc1. The summed E-state index contributed by atoms with van der Waals surface area (Å²) in [5.41, 5.74) is 8.53. The van der Waals surface area contributed by atoms with E-state index in [0.29, 0.717) is 28.4 Å². The van der Waals surface area contributed by atoms with Gasteiger partial charge in [0.1, 0.15) is 16.4 Å². The zero-order valence-corrected chi connectivity index (χ0v) is 12.9. The highest BCUT2D eigenvalue weighted by Gasteiger charge is 2.18. The van der Waals surface area contributed by atoms with Crippen LogP contribution in [0.4, 0.5) is 10.1 Å². The monoisotopic (exact) mass is 327 g/mol. The van der Waals surface area contributed by atoms with Gasteiger partial charge in [0.25, 0.3) is 5.91 Å². The number of nitrogens with one attached hydrogen (secondary N) is 1. The molecule has 3 rings (SSSR count). The molecule has 23 heavy (non-hydrogen) atoms. The van der Waals surface area contributed by atoms with Gasteiger partial charge in [-0.3, -0.25) is 4.79 Å². The fourth-order valence-electron chi connectivity index (χ4n) is 2.14. The average Bonchev–Trinajstić information content (AvgIpc) is 2.96. The van der Waals surface area contributed by atoms with E-state index in [-0.39, 0.29) is 11.7 Å². The van der Waals surface area contributed by atoms with E-state index in [0.717, 1.165) is 17.1 Å². The number of anilines is 1. The largest absolute Gasteiger partial charge is 0.396 e. The van der Waals surface area contributed by atoms with Crippen molar-refractivity contribution in [2.45, 2.75) is 6.54 Å². The number of halogens is 1. The number of nitrogens with zero attached hydrogens (tertiary/aromatic N) is 1. The van der Waals surface area contributed by atoms with Crippen LogP contribution in [0.3, 0.4) is 0 Å². The minimum atomic E-state index is -0.330. The highest BCUT2D eigenvalue weighted by molar-refractivity contribution is 7.09. The van der Waals surface area contributed by atoms with Crippen molar-refractivity contribution in [3.63, 3.8) is 0 Å². The first-order valence-electron chi connectivity index (χ1n) is 6.98. The second-order valence-electron chi connectivity index (χ2n) is 4.95. The molecule has 3 aromatic rings. The third-order valence-electron chi connectivity index (χ3n) is 3.35. The van der Waals surface area contributed by atoms with E-state index in [4.69, 9.17) is 5.73 Å². The topological polar surface area (TPSA) is 68.0 Å². The van der Waals surface area contributed by atoms with Crippen molar-refractivity contribution < 1.29 is 9.18 Å². The van der Waals surface area contributed by atoms with Gasteiger partial charge in [-0.05, 0) is 41.4 Å². The van der Waals surface area contributed by atoms with Crippen LogP contribution in [0.25, 0.3) is 11.3 Å². The van der Waals surface area contributed by atoms with Gasteiger partial charge in [-0.1, -0.05) is 30.3 Å². The van der Waals surface area contributed by atoms with Crippen molar-refractivity contribution in [3.8, 4) is 11.3 Å². The number of hydrogen-bond acceptors (Lipinski definition) is 4. The van der Waals surface area contributed by atoms with Gasteiger partial charge < -0.3 is 11.1 Å². The molecular weight excluding hydrogens is 313 g/mol. The minimum Gasteiger partial charge on any atom is -0.396 e. The molecule has 0 aliphatic rings. The summed E-state index contributed by atoms with van der Waals surface area (Å²) >= 11 is 1.04. The smallest absolute Gasteiger partial charge is 0.265 e. The predicted octanol–water partition coefficient (Wildman–Crippen LogP) is 3.46. The van der Waals surface area contributed by atoms with Crippen LogP contribution in [0.2, 0.25) is 0 Å². The third kappa shape index (κ3) is 3.37. The van der Waals surface area contributed by atoms with E-state index in [1.807, 2.05) is 30.3 Å². The summed E-state index contributed by atoms with van der Waals surface area (Å²) in [5.74, 6) is -0.597. The molecule has 0 fully saturated rings. The van der Waals surface area contributed by atoms with Gasteiger partial charge in [0.2, 0.25) is 0 Å². The predicted molar refractivity (Wildman–Crippen MR) is 89.5 cm³/mol. The van der Waals surface area contributed by atoms with Crippen molar-refractivity contribution in [1.82, 2.24) is 9.69 Å². The molecule has 0 saturated carbocycles. The van der Waals surface area contributed by atoms with Gasteiger partial charge in [0, 0.05) is 12.1 Å². The Morgan fingerprint density at radius 3 is 2.52 bits per heavy atom. The first-order valence-corrected chi connectivity index (χ1v) is 7.75. The minimum absolute atomic E-state index is 0.266. The maximum Gasteiger partial charge on any atom is 0.265 e. The van der Waals surface area contributed by atoms with Crippen molar-refractivity contribution >= 4 is 23.1 Å². The number of nitrogens with two attached hydrogens (primary N) is 1. The Hall–Kier alpha value is -2.73. The Balaban J connectivity index is 1.76. The lowest BCUT2D eigenvalue weighted by Crippen LogP contribution is -2.22. The van der Waals surface area contributed by atoms with E-state index in [2.05, 4.69) is 9.69 Å². The summed E-state index contributed by atoms with van der Waals surface area (Å²) in [6.07, 6.45) is 0. The molecule has 116 valence electrons. The average molecular weight is 327 g/mol.